The van der Waals surface area contributed by atoms with Gasteiger partial charge in [0.1, 0.15) is 35.6 Å². The van der Waals surface area contributed by atoms with Crippen LogP contribution in [0.3, 0.4) is 0 Å². The van der Waals surface area contributed by atoms with E-state index in [1.165, 1.54) is 11.0 Å². The Kier molecular flexibility index (Phi) is 14.3. The fourth-order valence-electron chi connectivity index (χ4n) is 10.3. The topological polar surface area (TPSA) is 218 Å². The Labute approximate surface area is 380 Å². The van der Waals surface area contributed by atoms with E-state index in [2.05, 4.69) is 21.9 Å². The summed E-state index contributed by atoms with van der Waals surface area (Å²) in [5.41, 5.74) is -0.731. The van der Waals surface area contributed by atoms with Crippen molar-refractivity contribution in [1.82, 2.24) is 25.2 Å². The highest BCUT2D eigenvalue weighted by Gasteiger charge is 2.56. The number of sulfonamides is 1. The molecule has 1 aromatic carbocycles. The third kappa shape index (κ3) is 10.1. The number of benzene rings is 1. The van der Waals surface area contributed by atoms with Crippen LogP contribution in [0.5, 0.6) is 11.6 Å². The van der Waals surface area contributed by atoms with Crippen molar-refractivity contribution in [2.24, 2.45) is 17.8 Å². The van der Waals surface area contributed by atoms with Crippen LogP contribution in [0.4, 0.5) is 4.79 Å². The Morgan fingerprint density at radius 1 is 0.985 bits per heavy atom. The third-order valence-corrected chi connectivity index (χ3v) is 17.3. The second kappa shape index (κ2) is 19.8. The molecule has 19 heteroatoms. The predicted octanol–water partition coefficient (Wildman–Crippen LogP) is 6.55. The zero-order valence-corrected chi connectivity index (χ0v) is 39.0. The molecule has 5 fully saturated rings. The Balaban J connectivity index is 1.20. The second-order valence-electron chi connectivity index (χ2n) is 18.2. The van der Waals surface area contributed by atoms with Gasteiger partial charge in [-0.05, 0) is 115 Å². The first-order valence-corrected chi connectivity index (χ1v) is 26.4. The molecule has 1 saturated heterocycles. The number of rotatable bonds is 13. The lowest BCUT2D eigenvalue weighted by atomic mass is 9.66. The minimum atomic E-state index is -4.15. The average Bonchev–Trinajstić information content (AvgIpc) is 3.59. The number of fused-ring (bicyclic) bond motifs is 5. The number of para-hydroxylation sites is 1. The number of allylic oxidation sites excluding steroid dienone is 2. The summed E-state index contributed by atoms with van der Waals surface area (Å²) in [6.45, 7) is 7.24. The van der Waals surface area contributed by atoms with E-state index in [1.807, 2.05) is 18.2 Å². The number of pyridine rings is 1. The van der Waals surface area contributed by atoms with Gasteiger partial charge in [-0.2, -0.15) is 0 Å². The van der Waals surface area contributed by atoms with Gasteiger partial charge in [0, 0.05) is 17.7 Å². The lowest BCUT2D eigenvalue weighted by molar-refractivity contribution is -0.145. The van der Waals surface area contributed by atoms with Crippen LogP contribution < -0.4 is 24.6 Å². The van der Waals surface area contributed by atoms with Crippen LogP contribution in [0.2, 0.25) is 0 Å². The van der Waals surface area contributed by atoms with Crippen molar-refractivity contribution in [3.8, 4) is 11.6 Å². The monoisotopic (exact) mass is 939 g/mol. The first-order chi connectivity index (χ1) is 31.3. The molecule has 6 aliphatic rings. The van der Waals surface area contributed by atoms with Gasteiger partial charge in [-0.1, -0.05) is 43.2 Å². The van der Waals surface area contributed by atoms with Crippen LogP contribution in [0, 0.1) is 17.8 Å². The lowest BCUT2D eigenvalue weighted by Crippen LogP contribution is -2.70. The van der Waals surface area contributed by atoms with Gasteiger partial charge in [0.2, 0.25) is 27.7 Å². The van der Waals surface area contributed by atoms with Crippen molar-refractivity contribution in [2.75, 3.05) is 19.8 Å². The molecule has 65 heavy (non-hydrogen) atoms. The van der Waals surface area contributed by atoms with Crippen LogP contribution in [0.15, 0.2) is 49.1 Å². The van der Waals surface area contributed by atoms with Crippen molar-refractivity contribution in [3.63, 3.8) is 0 Å². The summed E-state index contributed by atoms with van der Waals surface area (Å²) in [6, 6.07) is 4.92. The van der Waals surface area contributed by atoms with Gasteiger partial charge in [0.15, 0.2) is 0 Å². The summed E-state index contributed by atoms with van der Waals surface area (Å²) in [5, 5.41) is 5.71. The quantitative estimate of drug-likeness (QED) is 0.144. The van der Waals surface area contributed by atoms with E-state index in [0.29, 0.717) is 61.4 Å². The number of amides is 4. The van der Waals surface area contributed by atoms with E-state index in [0.717, 1.165) is 32.1 Å². The van der Waals surface area contributed by atoms with E-state index in [1.54, 1.807) is 32.0 Å². The maximum absolute atomic E-state index is 15.1. The third-order valence-electron chi connectivity index (χ3n) is 14.0. The second-order valence-corrected chi connectivity index (χ2v) is 21.7. The van der Waals surface area contributed by atoms with Crippen LogP contribution >= 0.6 is 7.82 Å². The molecule has 3 N–H and O–H groups in total. The molecule has 4 saturated carbocycles. The number of nitrogens with one attached hydrogen (secondary N) is 3. The molecule has 4 amide bonds. The van der Waals surface area contributed by atoms with E-state index in [9.17, 15) is 27.4 Å². The van der Waals surface area contributed by atoms with Gasteiger partial charge in [0.25, 0.3) is 5.91 Å². The summed E-state index contributed by atoms with van der Waals surface area (Å²) in [7, 11) is -8.12. The van der Waals surface area contributed by atoms with Gasteiger partial charge in [-0.25, -0.2) is 22.8 Å². The van der Waals surface area contributed by atoms with E-state index in [4.69, 9.17) is 28.0 Å². The standard InChI is InChI=1S/C46H62N5O12PS/c1-4-31-25-26-46(31,44(54)50-65(57,58)33-23-24-33)49-41(52)37-27-32-28-51(37)43(53)39(30-16-10-11-17-30)48-45(55)62-38-22-14-18-29(38)15-8-7-9-20-35-40(63-64(56,59-5-2)60-6-3)34-19-12-13-21-36(34)47-42(35)61-32/h4,7,9,12-13,19,21,29-33,37-39H,1,5-6,8,10-11,14-18,20,22-28H2,2-3H3,(H,48,55)(H,49,52)(H,50,54). The van der Waals surface area contributed by atoms with Gasteiger partial charge in [-0.3, -0.25) is 28.2 Å². The van der Waals surface area contributed by atoms with Gasteiger partial charge >= 0.3 is 13.9 Å². The molecule has 354 valence electrons. The summed E-state index contributed by atoms with van der Waals surface area (Å²) in [5.74, 6) is -2.42. The number of aromatic nitrogens is 1. The molecule has 2 aliphatic heterocycles. The number of alkyl carbamates (subject to hydrolysis) is 1. The minimum Gasteiger partial charge on any atom is -0.472 e. The highest BCUT2D eigenvalue weighted by atomic mass is 32.2. The van der Waals surface area contributed by atoms with Crippen molar-refractivity contribution in [2.45, 2.75) is 145 Å². The molecule has 3 heterocycles. The summed E-state index contributed by atoms with van der Waals surface area (Å²) < 4.78 is 72.6. The fraction of sp³-hybridized carbons (Fsp3) is 0.630. The molecule has 7 unspecified atom stereocenters. The minimum absolute atomic E-state index is 0.0509. The van der Waals surface area contributed by atoms with Crippen LogP contribution in [0.1, 0.15) is 109 Å². The fourth-order valence-corrected chi connectivity index (χ4v) is 12.9. The molecule has 4 aliphatic carbocycles. The van der Waals surface area contributed by atoms with Crippen molar-refractivity contribution < 1.29 is 55.2 Å². The highest BCUT2D eigenvalue weighted by molar-refractivity contribution is 7.91. The molecule has 2 bridgehead atoms. The number of nitrogens with zero attached hydrogens (tertiary/aromatic N) is 2. The largest absolute Gasteiger partial charge is 0.530 e. The maximum atomic E-state index is 15.1. The van der Waals surface area contributed by atoms with Crippen molar-refractivity contribution in [3.05, 3.63) is 54.6 Å². The van der Waals surface area contributed by atoms with Crippen LogP contribution in [-0.4, -0.2) is 97.0 Å². The van der Waals surface area contributed by atoms with Crippen molar-refractivity contribution >= 4 is 52.6 Å². The Bertz CT molecular complexity index is 2330. The van der Waals surface area contributed by atoms with Crippen molar-refractivity contribution in [1.29, 1.82) is 0 Å². The summed E-state index contributed by atoms with van der Waals surface area (Å²) >= 11 is 0. The smallest absolute Gasteiger partial charge is 0.472 e. The highest BCUT2D eigenvalue weighted by Crippen LogP contribution is 2.53. The Morgan fingerprint density at radius 2 is 1.72 bits per heavy atom. The number of carbonyl (C=O) groups excluding carboxylic acids is 4. The summed E-state index contributed by atoms with van der Waals surface area (Å²) in [4.78, 5) is 64.1. The normalized spacial score (nSPS) is 29.0. The van der Waals surface area contributed by atoms with E-state index in [-0.39, 0.29) is 68.6 Å². The number of carbonyl (C=O) groups is 4. The van der Waals surface area contributed by atoms with Gasteiger partial charge in [0.05, 0.1) is 36.1 Å². The number of ether oxygens (including phenoxy) is 2. The van der Waals surface area contributed by atoms with E-state index >= 15 is 4.79 Å². The molecule has 7 atom stereocenters. The molecular formula is C46H62N5O12PS. The molecular weight excluding hydrogens is 878 g/mol. The molecule has 17 nitrogen and oxygen atoms in total. The van der Waals surface area contributed by atoms with E-state index < -0.39 is 76.6 Å². The Hall–Kier alpha value is -4.51. The number of phosphoric acid groups is 1. The number of hydrogen-bond acceptors (Lipinski definition) is 13. The zero-order chi connectivity index (χ0) is 45.9. The lowest BCUT2D eigenvalue weighted by Gasteiger charge is -2.47. The number of hydrogen-bond donors (Lipinski definition) is 3. The van der Waals surface area contributed by atoms with Gasteiger partial charge in [-0.15, -0.1) is 6.58 Å². The summed E-state index contributed by atoms with van der Waals surface area (Å²) in [6.07, 6.45) is 12.3. The Morgan fingerprint density at radius 3 is 2.42 bits per heavy atom. The average molecular weight is 940 g/mol. The first kappa shape index (κ1) is 47.0. The zero-order valence-electron chi connectivity index (χ0n) is 37.2. The number of phosphoric ester groups is 1. The maximum Gasteiger partial charge on any atom is 0.530 e. The van der Waals surface area contributed by atoms with Crippen LogP contribution in [-0.2, 0) is 49.2 Å². The molecule has 0 spiro atoms. The van der Waals surface area contributed by atoms with Gasteiger partial charge < -0.3 is 29.5 Å². The molecule has 1 aromatic heterocycles. The predicted molar refractivity (Wildman–Crippen MR) is 240 cm³/mol. The molecule has 8 rings (SSSR count). The SMILES string of the molecule is C=CC1CCC1(NC(=O)C1CC2CN1C(=O)C(C1CCCC1)NC(=O)OC1CCCC1CCC=CCc1c(nc3ccccc3c1OP(=O)(OCC)OCC)O2)C(=O)NS(=O)(=O)C1CC1. The molecule has 0 radical (unpaired) electrons. The first-order valence-electron chi connectivity index (χ1n) is 23.4. The van der Waals surface area contributed by atoms with Crippen LogP contribution in [0.25, 0.3) is 10.9 Å². The molecule has 2 aromatic rings.